The van der Waals surface area contributed by atoms with Gasteiger partial charge in [-0.3, -0.25) is 24.0 Å². The molecule has 0 aliphatic carbocycles. The third kappa shape index (κ3) is 8.64. The van der Waals surface area contributed by atoms with Gasteiger partial charge in [0.25, 0.3) is 11.8 Å². The van der Waals surface area contributed by atoms with Crippen LogP contribution in [0.2, 0.25) is 5.02 Å². The number of hydrogen-bond donors (Lipinski definition) is 1. The smallest absolute Gasteiger partial charge is 0.276 e. The predicted octanol–water partition coefficient (Wildman–Crippen LogP) is 3.02. The number of rotatable bonds is 5. The van der Waals surface area contributed by atoms with Crippen LogP contribution < -0.4 is 19.5 Å². The lowest BCUT2D eigenvalue weighted by Gasteiger charge is -2.28. The number of fused-ring (bicyclic) bond motifs is 7. The summed E-state index contributed by atoms with van der Waals surface area (Å²) >= 11 is 6.34. The Morgan fingerprint density at radius 2 is 1.87 bits per heavy atom. The van der Waals surface area contributed by atoms with Crippen LogP contribution in [-0.4, -0.2) is 128 Å². The van der Waals surface area contributed by atoms with Crippen molar-refractivity contribution in [2.75, 3.05) is 71.6 Å². The van der Waals surface area contributed by atoms with Crippen molar-refractivity contribution in [3.05, 3.63) is 58.4 Å². The maximum absolute atomic E-state index is 13.6. The number of halogens is 1. The van der Waals surface area contributed by atoms with Gasteiger partial charge in [-0.2, -0.15) is 5.10 Å². The van der Waals surface area contributed by atoms with E-state index < -0.39 is 9.84 Å². The Hall–Kier alpha value is -4.34. The molecule has 3 aliphatic rings. The van der Waals surface area contributed by atoms with Gasteiger partial charge >= 0.3 is 0 Å². The molecule has 1 aromatic heterocycles. The highest BCUT2D eigenvalue weighted by Crippen LogP contribution is 2.41. The molecule has 1 saturated heterocycles. The molecule has 16 heteroatoms. The lowest BCUT2D eigenvalue weighted by atomic mass is 9.98. The minimum absolute atomic E-state index is 0.0625. The van der Waals surface area contributed by atoms with Crippen molar-refractivity contribution in [2.24, 2.45) is 7.05 Å². The largest absolute Gasteiger partial charge is 0.496 e. The van der Waals surface area contributed by atoms with Gasteiger partial charge in [-0.25, -0.2) is 8.42 Å². The van der Waals surface area contributed by atoms with Crippen LogP contribution in [-0.2, 0) is 28.2 Å². The van der Waals surface area contributed by atoms with Crippen LogP contribution in [0.5, 0.6) is 17.2 Å². The molecule has 280 valence electrons. The normalized spacial score (nSPS) is 19.5. The molecule has 3 aliphatic heterocycles. The SMILES string of the molecule is COc1ccc2cc1-c1cc3c(c(c1)OCCCN(C(=O)CN(C)C1CCS(=O)(=O)C1)CCCCNC2=O)OCCN(C(=O)c1nn(C)cc1Cl)C3. The van der Waals surface area contributed by atoms with Crippen LogP contribution >= 0.6 is 11.6 Å². The third-order valence-electron chi connectivity index (χ3n) is 9.69. The van der Waals surface area contributed by atoms with E-state index in [9.17, 15) is 22.8 Å². The summed E-state index contributed by atoms with van der Waals surface area (Å²) in [6, 6.07) is 8.81. The fourth-order valence-electron chi connectivity index (χ4n) is 6.84. The number of sulfone groups is 1. The number of aromatic nitrogens is 2. The number of methoxy groups -OCH3 is 1. The first-order valence-corrected chi connectivity index (χ1v) is 19.7. The van der Waals surface area contributed by atoms with Crippen molar-refractivity contribution in [1.82, 2.24) is 29.8 Å². The first-order chi connectivity index (χ1) is 24.9. The Morgan fingerprint density at radius 1 is 1.06 bits per heavy atom. The van der Waals surface area contributed by atoms with Gasteiger partial charge in [0.05, 0.1) is 43.3 Å². The second-order valence-electron chi connectivity index (χ2n) is 13.5. The molecule has 3 amide bonds. The maximum atomic E-state index is 13.6. The maximum Gasteiger partial charge on any atom is 0.276 e. The monoisotopic (exact) mass is 756 g/mol. The fraction of sp³-hybridized carbons (Fsp3) is 0.500. The molecule has 1 unspecified atom stereocenters. The van der Waals surface area contributed by atoms with Crippen molar-refractivity contribution >= 4 is 39.2 Å². The first-order valence-electron chi connectivity index (χ1n) is 17.5. The Labute approximate surface area is 308 Å². The molecule has 0 saturated carbocycles. The molecule has 1 N–H and O–H groups in total. The number of aryl methyl sites for hydroxylation is 1. The van der Waals surface area contributed by atoms with Crippen molar-refractivity contribution in [1.29, 1.82) is 0 Å². The molecule has 0 spiro atoms. The van der Waals surface area contributed by atoms with E-state index in [1.807, 2.05) is 17.0 Å². The quantitative estimate of drug-likeness (QED) is 0.412. The summed E-state index contributed by atoms with van der Waals surface area (Å²) < 4.78 is 44.0. The van der Waals surface area contributed by atoms with E-state index in [4.69, 9.17) is 25.8 Å². The minimum Gasteiger partial charge on any atom is -0.496 e. The number of nitrogens with one attached hydrogen (secondary N) is 1. The zero-order chi connectivity index (χ0) is 37.0. The van der Waals surface area contributed by atoms with Crippen molar-refractivity contribution in [2.45, 2.75) is 38.3 Å². The fourth-order valence-corrected chi connectivity index (χ4v) is 8.91. The van der Waals surface area contributed by atoms with E-state index in [0.717, 1.165) is 0 Å². The summed E-state index contributed by atoms with van der Waals surface area (Å²) in [5.41, 5.74) is 2.65. The number of likely N-dealkylation sites (N-methyl/N-ethyl adjacent to an activating group) is 1. The Morgan fingerprint density at radius 3 is 2.60 bits per heavy atom. The highest BCUT2D eigenvalue weighted by Gasteiger charge is 2.32. The van der Waals surface area contributed by atoms with Crippen LogP contribution in [0.1, 0.15) is 52.1 Å². The van der Waals surface area contributed by atoms with E-state index in [0.29, 0.717) is 84.8 Å². The van der Waals surface area contributed by atoms with Gasteiger partial charge in [-0.15, -0.1) is 0 Å². The number of nitrogens with zero attached hydrogens (tertiary/aromatic N) is 5. The van der Waals surface area contributed by atoms with Gasteiger partial charge < -0.3 is 29.3 Å². The summed E-state index contributed by atoms with van der Waals surface area (Å²) in [4.78, 5) is 45.7. The summed E-state index contributed by atoms with van der Waals surface area (Å²) in [7, 11) is 1.98. The van der Waals surface area contributed by atoms with Crippen LogP contribution in [0.3, 0.4) is 0 Å². The number of carbonyl (C=O) groups excluding carboxylic acids is 3. The number of benzene rings is 2. The number of amides is 3. The Bertz CT molecular complexity index is 1940. The second kappa shape index (κ2) is 16.1. The number of hydrogen-bond acceptors (Lipinski definition) is 10. The molecule has 14 nitrogen and oxygen atoms in total. The molecule has 1 fully saturated rings. The van der Waals surface area contributed by atoms with Gasteiger partial charge in [0.1, 0.15) is 12.4 Å². The molecule has 0 radical (unpaired) electrons. The summed E-state index contributed by atoms with van der Waals surface area (Å²) in [6.07, 6.45) is 3.94. The highest BCUT2D eigenvalue weighted by atomic mass is 35.5. The van der Waals surface area contributed by atoms with E-state index >= 15 is 0 Å². The second-order valence-corrected chi connectivity index (χ2v) is 16.1. The number of carbonyl (C=O) groups is 3. The third-order valence-corrected chi connectivity index (χ3v) is 11.7. The van der Waals surface area contributed by atoms with Gasteiger partial charge in [-0.05, 0) is 68.6 Å². The van der Waals surface area contributed by atoms with E-state index in [1.54, 1.807) is 55.4 Å². The molecule has 1 atom stereocenters. The molecular weight excluding hydrogens is 712 g/mol. The molecule has 3 aromatic rings. The van der Waals surface area contributed by atoms with Crippen LogP contribution in [0.25, 0.3) is 11.1 Å². The van der Waals surface area contributed by atoms with Crippen LogP contribution in [0.15, 0.2) is 36.5 Å². The average molecular weight is 757 g/mol. The Kier molecular flexibility index (Phi) is 11.6. The molecule has 4 heterocycles. The predicted molar refractivity (Wildman–Crippen MR) is 195 cm³/mol. The van der Waals surface area contributed by atoms with Gasteiger partial charge in [0.15, 0.2) is 27.0 Å². The molecule has 4 bridgehead atoms. The van der Waals surface area contributed by atoms with Crippen molar-refractivity contribution in [3.63, 3.8) is 0 Å². The lowest BCUT2D eigenvalue weighted by molar-refractivity contribution is -0.132. The molecule has 52 heavy (non-hydrogen) atoms. The van der Waals surface area contributed by atoms with E-state index in [1.165, 1.54) is 4.68 Å². The van der Waals surface area contributed by atoms with Crippen LogP contribution in [0.4, 0.5) is 0 Å². The Balaban J connectivity index is 1.29. The van der Waals surface area contributed by atoms with Crippen molar-refractivity contribution in [3.8, 4) is 28.4 Å². The van der Waals surface area contributed by atoms with Crippen molar-refractivity contribution < 1.29 is 37.0 Å². The highest BCUT2D eigenvalue weighted by molar-refractivity contribution is 7.91. The zero-order valence-corrected chi connectivity index (χ0v) is 31.3. The standard InChI is InChI=1S/C36H45ClN6O8S/c1-40(27-9-16-52(47,48)23-27)22-32(44)42-11-5-4-10-38-35(45)24-7-8-30(49-3)28(18-24)25-17-26-20-43(36(46)33-29(37)21-41(2)39-33)13-15-51-34(26)31(19-25)50-14-6-12-42/h7-8,17-19,21,27H,4-6,9-16,20,22-23H2,1-3H3,(H,38,45). The zero-order valence-electron chi connectivity index (χ0n) is 29.7. The first kappa shape index (κ1) is 37.4. The van der Waals surface area contributed by atoms with Gasteiger partial charge in [0, 0.05) is 62.2 Å². The molecular formula is C36H45ClN6O8S. The summed E-state index contributed by atoms with van der Waals surface area (Å²) in [5, 5.41) is 7.51. The van der Waals surface area contributed by atoms with Gasteiger partial charge in [0.2, 0.25) is 5.91 Å². The van der Waals surface area contributed by atoms with Gasteiger partial charge in [-0.1, -0.05) is 11.6 Å². The topological polar surface area (TPSA) is 153 Å². The van der Waals surface area contributed by atoms with E-state index in [-0.39, 0.29) is 78.8 Å². The average Bonchev–Trinajstić information content (AvgIpc) is 3.57. The van der Waals surface area contributed by atoms with Crippen LogP contribution in [0, 0.1) is 0 Å². The van der Waals surface area contributed by atoms with E-state index in [2.05, 4.69) is 10.4 Å². The molecule has 2 aromatic carbocycles. The lowest BCUT2D eigenvalue weighted by Crippen LogP contribution is -2.44. The minimum atomic E-state index is -3.08. The summed E-state index contributed by atoms with van der Waals surface area (Å²) in [5.74, 6) is 1.05. The molecule has 6 rings (SSSR count). The summed E-state index contributed by atoms with van der Waals surface area (Å²) in [6.45, 7) is 2.38. The number of ether oxygens (including phenoxy) is 3.